The van der Waals surface area contributed by atoms with Crippen molar-refractivity contribution in [2.24, 2.45) is 0 Å². The molecule has 1 unspecified atom stereocenters. The monoisotopic (exact) mass is 578 g/mol. The van der Waals surface area contributed by atoms with Crippen molar-refractivity contribution in [3.8, 4) is 11.5 Å². The van der Waals surface area contributed by atoms with E-state index in [4.69, 9.17) is 14.2 Å². The Morgan fingerprint density at radius 1 is 1.00 bits per heavy atom. The van der Waals surface area contributed by atoms with Gasteiger partial charge in [0.2, 0.25) is 0 Å². The highest BCUT2D eigenvalue weighted by atomic mass is 32.1. The van der Waals surface area contributed by atoms with Gasteiger partial charge in [-0.2, -0.15) is 0 Å². The van der Waals surface area contributed by atoms with Crippen LogP contribution in [0.2, 0.25) is 0 Å². The number of aryl methyl sites for hydroxylation is 1. The standard InChI is InChI=1S/C31H34N2O7S/c1-5-8-9-17-40-22-15-13-20(14-16-22)25-24(26(34)21-11-10-12-23(18-21)38-6-2)27(35)29(36)33(25)31-32-19(4)28(41-31)30(37)39-7-3/h10-16,18,25,34H,5-9,17H2,1-4H3. The van der Waals surface area contributed by atoms with Crippen molar-refractivity contribution in [2.45, 2.75) is 53.0 Å². The Bertz CT molecular complexity index is 1440. The Balaban J connectivity index is 1.81. The Labute approximate surface area is 243 Å². The number of nitrogens with zero attached hydrogens (tertiary/aromatic N) is 2. The lowest BCUT2D eigenvalue weighted by Crippen LogP contribution is -2.29. The molecule has 0 radical (unpaired) electrons. The number of ketones is 1. The zero-order valence-electron chi connectivity index (χ0n) is 23.6. The summed E-state index contributed by atoms with van der Waals surface area (Å²) >= 11 is 0.965. The van der Waals surface area contributed by atoms with E-state index < -0.39 is 23.7 Å². The lowest BCUT2D eigenvalue weighted by Gasteiger charge is -2.23. The van der Waals surface area contributed by atoms with Crippen LogP contribution in [0.25, 0.3) is 5.76 Å². The molecule has 2 heterocycles. The Hall–Kier alpha value is -4.18. The first-order valence-corrected chi connectivity index (χ1v) is 14.5. The largest absolute Gasteiger partial charge is 0.507 e. The summed E-state index contributed by atoms with van der Waals surface area (Å²) in [7, 11) is 0. The third-order valence-electron chi connectivity index (χ3n) is 6.53. The van der Waals surface area contributed by atoms with Crippen molar-refractivity contribution in [3.63, 3.8) is 0 Å². The van der Waals surface area contributed by atoms with Crippen LogP contribution in [0.4, 0.5) is 5.13 Å². The average Bonchev–Trinajstić information content (AvgIpc) is 3.48. The molecule has 0 bridgehead atoms. The number of carbonyl (C=O) groups excluding carboxylic acids is 3. The molecule has 1 amide bonds. The summed E-state index contributed by atoms with van der Waals surface area (Å²) in [5.41, 5.74) is 1.19. The van der Waals surface area contributed by atoms with Crippen molar-refractivity contribution in [1.82, 2.24) is 4.98 Å². The van der Waals surface area contributed by atoms with Crippen LogP contribution in [-0.4, -0.2) is 47.6 Å². The Morgan fingerprint density at radius 3 is 2.44 bits per heavy atom. The number of hydrogen-bond donors (Lipinski definition) is 1. The van der Waals surface area contributed by atoms with Gasteiger partial charge in [-0.3, -0.25) is 14.5 Å². The number of thiazole rings is 1. The molecule has 9 nitrogen and oxygen atoms in total. The maximum atomic E-state index is 13.5. The van der Waals surface area contributed by atoms with E-state index in [2.05, 4.69) is 11.9 Å². The van der Waals surface area contributed by atoms with Crippen molar-refractivity contribution in [3.05, 3.63) is 75.8 Å². The minimum atomic E-state index is -1.000. The lowest BCUT2D eigenvalue weighted by molar-refractivity contribution is -0.132. The van der Waals surface area contributed by atoms with Crippen LogP contribution in [0, 0.1) is 6.92 Å². The molecule has 1 N–H and O–H groups in total. The molecule has 4 rings (SSSR count). The summed E-state index contributed by atoms with van der Waals surface area (Å²) in [4.78, 5) is 45.5. The number of anilines is 1. The molecule has 1 aromatic heterocycles. The lowest BCUT2D eigenvalue weighted by atomic mass is 9.95. The number of aliphatic hydroxyl groups excluding tert-OH is 1. The molecule has 1 aliphatic heterocycles. The number of rotatable bonds is 12. The van der Waals surface area contributed by atoms with Crippen LogP contribution in [0.1, 0.15) is 72.6 Å². The summed E-state index contributed by atoms with van der Waals surface area (Å²) in [6.45, 7) is 8.50. The highest BCUT2D eigenvalue weighted by molar-refractivity contribution is 7.17. The fourth-order valence-electron chi connectivity index (χ4n) is 4.56. The summed E-state index contributed by atoms with van der Waals surface area (Å²) in [6, 6.07) is 12.8. The van der Waals surface area contributed by atoms with E-state index in [0.717, 1.165) is 30.6 Å². The number of amides is 1. The number of ether oxygens (including phenoxy) is 3. The summed E-state index contributed by atoms with van der Waals surface area (Å²) < 4.78 is 16.5. The van der Waals surface area contributed by atoms with E-state index in [0.29, 0.717) is 41.5 Å². The van der Waals surface area contributed by atoms with Gasteiger partial charge in [0.25, 0.3) is 5.78 Å². The zero-order valence-corrected chi connectivity index (χ0v) is 24.5. The highest BCUT2D eigenvalue weighted by Crippen LogP contribution is 2.44. The molecule has 1 atom stereocenters. The van der Waals surface area contributed by atoms with E-state index in [1.165, 1.54) is 4.90 Å². The van der Waals surface area contributed by atoms with Crippen LogP contribution in [-0.2, 0) is 14.3 Å². The fourth-order valence-corrected chi connectivity index (χ4v) is 5.55. The topological polar surface area (TPSA) is 115 Å². The number of carbonyl (C=O) groups is 3. The molecule has 41 heavy (non-hydrogen) atoms. The van der Waals surface area contributed by atoms with Gasteiger partial charge in [-0.15, -0.1) is 0 Å². The first-order valence-electron chi connectivity index (χ1n) is 13.7. The van der Waals surface area contributed by atoms with Crippen molar-refractivity contribution in [2.75, 3.05) is 24.7 Å². The van der Waals surface area contributed by atoms with Crippen LogP contribution in [0.5, 0.6) is 11.5 Å². The molecule has 0 spiro atoms. The number of benzene rings is 2. The predicted octanol–water partition coefficient (Wildman–Crippen LogP) is 6.22. The van der Waals surface area contributed by atoms with Gasteiger partial charge in [-0.05, 0) is 57.0 Å². The first-order chi connectivity index (χ1) is 19.8. The van der Waals surface area contributed by atoms with Crippen LogP contribution in [0.3, 0.4) is 0 Å². The first kappa shape index (κ1) is 29.8. The second-order valence-corrected chi connectivity index (χ2v) is 10.4. The zero-order chi connectivity index (χ0) is 29.5. The molecule has 10 heteroatoms. The van der Waals surface area contributed by atoms with Crippen molar-refractivity contribution >= 4 is 39.9 Å². The second kappa shape index (κ2) is 13.5. The Kier molecular flexibility index (Phi) is 9.78. The van der Waals surface area contributed by atoms with Gasteiger partial charge in [0.05, 0.1) is 37.1 Å². The number of esters is 1. The second-order valence-electron chi connectivity index (χ2n) is 9.39. The molecule has 0 aliphatic carbocycles. The summed E-state index contributed by atoms with van der Waals surface area (Å²) in [6.07, 6.45) is 3.09. The minimum absolute atomic E-state index is 0.0919. The molecule has 216 valence electrons. The van der Waals surface area contributed by atoms with Gasteiger partial charge in [0.15, 0.2) is 5.13 Å². The van der Waals surface area contributed by atoms with E-state index in [9.17, 15) is 19.5 Å². The molecule has 1 fully saturated rings. The quantitative estimate of drug-likeness (QED) is 0.0885. The van der Waals surface area contributed by atoms with Gasteiger partial charge >= 0.3 is 11.9 Å². The van der Waals surface area contributed by atoms with Crippen LogP contribution in [0.15, 0.2) is 54.1 Å². The molecule has 3 aromatic rings. The number of unbranched alkanes of at least 4 members (excludes halogenated alkanes) is 2. The highest BCUT2D eigenvalue weighted by Gasteiger charge is 2.48. The van der Waals surface area contributed by atoms with E-state index in [1.807, 2.05) is 6.92 Å². The number of aliphatic hydroxyl groups is 1. The van der Waals surface area contributed by atoms with Crippen molar-refractivity contribution in [1.29, 1.82) is 0 Å². The van der Waals surface area contributed by atoms with Gasteiger partial charge in [-0.1, -0.05) is 55.4 Å². The third kappa shape index (κ3) is 6.43. The maximum absolute atomic E-state index is 13.5. The summed E-state index contributed by atoms with van der Waals surface area (Å²) in [5.74, 6) is -1.45. The average molecular weight is 579 g/mol. The maximum Gasteiger partial charge on any atom is 0.350 e. The molecule has 0 saturated carbocycles. The van der Waals surface area contributed by atoms with Gasteiger partial charge in [-0.25, -0.2) is 9.78 Å². The number of Topliss-reactive ketones (excluding diaryl/α,β-unsaturated/α-hetero) is 1. The Morgan fingerprint density at radius 2 is 1.76 bits per heavy atom. The van der Waals surface area contributed by atoms with Gasteiger partial charge in [0.1, 0.15) is 22.1 Å². The SMILES string of the molecule is CCCCCOc1ccc(C2C(=C(O)c3cccc(OCC)c3)C(=O)C(=O)N2c2nc(C)c(C(=O)OCC)s2)cc1. The van der Waals surface area contributed by atoms with Crippen molar-refractivity contribution < 1.29 is 33.7 Å². The van der Waals surface area contributed by atoms with Crippen LogP contribution < -0.4 is 14.4 Å². The van der Waals surface area contributed by atoms with Gasteiger partial charge < -0.3 is 19.3 Å². The predicted molar refractivity (Wildman–Crippen MR) is 157 cm³/mol. The molecular formula is C31H34N2O7S. The van der Waals surface area contributed by atoms with Gasteiger partial charge in [0, 0.05) is 5.56 Å². The van der Waals surface area contributed by atoms with E-state index in [1.54, 1.807) is 62.4 Å². The number of hydrogen-bond acceptors (Lipinski definition) is 9. The van der Waals surface area contributed by atoms with Crippen LogP contribution >= 0.6 is 11.3 Å². The molecule has 1 saturated heterocycles. The smallest absolute Gasteiger partial charge is 0.350 e. The molecular weight excluding hydrogens is 544 g/mol. The summed E-state index contributed by atoms with van der Waals surface area (Å²) in [5, 5.41) is 11.6. The molecule has 1 aliphatic rings. The molecule has 2 aromatic carbocycles. The fraction of sp³-hybridized carbons (Fsp3) is 0.355. The van der Waals surface area contributed by atoms with E-state index >= 15 is 0 Å². The van der Waals surface area contributed by atoms with E-state index in [-0.39, 0.29) is 27.9 Å². The normalized spacial score (nSPS) is 16.2. The number of aromatic nitrogens is 1. The third-order valence-corrected chi connectivity index (χ3v) is 7.66. The minimum Gasteiger partial charge on any atom is -0.507 e.